The summed E-state index contributed by atoms with van der Waals surface area (Å²) >= 11 is 3.28. The van der Waals surface area contributed by atoms with Gasteiger partial charge in [-0.2, -0.15) is 5.26 Å². The second-order valence-electron chi connectivity index (χ2n) is 5.05. The molecular formula is C16H12BrN3O2S. The van der Waals surface area contributed by atoms with Crippen LogP contribution in [0, 0.1) is 18.3 Å². The fraction of sp³-hybridized carbons (Fsp3) is 0.0625. The Labute approximate surface area is 142 Å². The predicted octanol–water partition coefficient (Wildman–Crippen LogP) is 3.91. The molecular weight excluding hydrogens is 378 g/mol. The van der Waals surface area contributed by atoms with Crippen LogP contribution in [0.4, 0.5) is 5.69 Å². The van der Waals surface area contributed by atoms with Gasteiger partial charge in [-0.15, -0.1) is 0 Å². The van der Waals surface area contributed by atoms with Crippen LogP contribution in [0.5, 0.6) is 0 Å². The Balaban J connectivity index is 2.08. The molecule has 0 radical (unpaired) electrons. The molecule has 0 fully saturated rings. The maximum atomic E-state index is 12.5. The lowest BCUT2D eigenvalue weighted by Gasteiger charge is -2.10. The smallest absolute Gasteiger partial charge is 0.261 e. The molecule has 0 aliphatic heterocycles. The van der Waals surface area contributed by atoms with Crippen LogP contribution in [0.1, 0.15) is 11.1 Å². The van der Waals surface area contributed by atoms with Crippen LogP contribution in [0.25, 0.3) is 10.9 Å². The summed E-state index contributed by atoms with van der Waals surface area (Å²) < 4.78 is 28.4. The lowest BCUT2D eigenvalue weighted by molar-refractivity contribution is 0.601. The van der Waals surface area contributed by atoms with Gasteiger partial charge in [0.25, 0.3) is 10.0 Å². The van der Waals surface area contributed by atoms with Gasteiger partial charge in [0, 0.05) is 16.1 Å². The monoisotopic (exact) mass is 389 g/mol. The molecule has 0 saturated carbocycles. The first kappa shape index (κ1) is 15.6. The van der Waals surface area contributed by atoms with Gasteiger partial charge < -0.3 is 4.98 Å². The van der Waals surface area contributed by atoms with Crippen molar-refractivity contribution in [2.75, 3.05) is 4.72 Å². The van der Waals surface area contributed by atoms with Crippen LogP contribution >= 0.6 is 15.9 Å². The largest absolute Gasteiger partial charge is 0.358 e. The average molecular weight is 390 g/mol. The Bertz CT molecular complexity index is 1030. The predicted molar refractivity (Wildman–Crippen MR) is 92.7 cm³/mol. The number of aromatic amines is 1. The Morgan fingerprint density at radius 3 is 2.52 bits per heavy atom. The zero-order valence-corrected chi connectivity index (χ0v) is 14.5. The lowest BCUT2D eigenvalue weighted by Crippen LogP contribution is -2.13. The summed E-state index contributed by atoms with van der Waals surface area (Å²) in [5, 5.41) is 9.89. The van der Waals surface area contributed by atoms with Crippen molar-refractivity contribution in [3.8, 4) is 6.07 Å². The Kier molecular flexibility index (Phi) is 3.88. The molecule has 0 atom stereocenters. The van der Waals surface area contributed by atoms with E-state index in [1.165, 1.54) is 12.1 Å². The van der Waals surface area contributed by atoms with Crippen molar-refractivity contribution >= 4 is 42.5 Å². The van der Waals surface area contributed by atoms with Crippen LogP contribution < -0.4 is 4.72 Å². The van der Waals surface area contributed by atoms with Crippen LogP contribution in [-0.4, -0.2) is 13.4 Å². The SMILES string of the molecule is Cc1ccc(NS(=O)(=O)c2ccc(Br)cc2)c2[nH]cc(C#N)c12. The lowest BCUT2D eigenvalue weighted by atomic mass is 10.1. The van der Waals surface area contributed by atoms with Gasteiger partial charge >= 0.3 is 0 Å². The van der Waals surface area contributed by atoms with Gasteiger partial charge in [0.1, 0.15) is 6.07 Å². The summed E-state index contributed by atoms with van der Waals surface area (Å²) in [6, 6.07) is 12.0. The van der Waals surface area contributed by atoms with Crippen LogP contribution in [-0.2, 0) is 10.0 Å². The highest BCUT2D eigenvalue weighted by molar-refractivity contribution is 9.10. The molecule has 0 aliphatic carbocycles. The topological polar surface area (TPSA) is 85.8 Å². The number of sulfonamides is 1. The minimum atomic E-state index is -3.71. The van der Waals surface area contributed by atoms with Crippen molar-refractivity contribution in [2.24, 2.45) is 0 Å². The van der Waals surface area contributed by atoms with E-state index in [0.717, 1.165) is 15.4 Å². The number of hydrogen-bond donors (Lipinski definition) is 2. The molecule has 7 heteroatoms. The molecule has 3 rings (SSSR count). The van der Waals surface area contributed by atoms with E-state index in [4.69, 9.17) is 5.26 Å². The summed E-state index contributed by atoms with van der Waals surface area (Å²) in [7, 11) is -3.71. The van der Waals surface area contributed by atoms with Crippen LogP contribution in [0.2, 0.25) is 0 Å². The molecule has 2 aromatic carbocycles. The summed E-state index contributed by atoms with van der Waals surface area (Å²) in [6.45, 7) is 1.88. The number of anilines is 1. The number of nitrogens with one attached hydrogen (secondary N) is 2. The minimum absolute atomic E-state index is 0.168. The highest BCUT2D eigenvalue weighted by Gasteiger charge is 2.17. The molecule has 1 heterocycles. The zero-order chi connectivity index (χ0) is 16.6. The minimum Gasteiger partial charge on any atom is -0.358 e. The first-order valence-corrected chi connectivity index (χ1v) is 8.99. The van der Waals surface area contributed by atoms with Gasteiger partial charge in [0.05, 0.1) is 21.7 Å². The maximum Gasteiger partial charge on any atom is 0.261 e. The van der Waals surface area contributed by atoms with E-state index >= 15 is 0 Å². The first-order chi connectivity index (χ1) is 10.9. The van der Waals surface area contributed by atoms with E-state index in [1.54, 1.807) is 30.5 Å². The van der Waals surface area contributed by atoms with Gasteiger partial charge in [0.15, 0.2) is 0 Å². The number of halogens is 1. The molecule has 116 valence electrons. The van der Waals surface area contributed by atoms with Gasteiger partial charge in [-0.25, -0.2) is 8.42 Å². The van der Waals surface area contributed by atoms with E-state index in [-0.39, 0.29) is 4.90 Å². The molecule has 5 nitrogen and oxygen atoms in total. The number of aryl methyl sites for hydroxylation is 1. The summed E-state index contributed by atoms with van der Waals surface area (Å²) in [4.78, 5) is 3.14. The van der Waals surface area contributed by atoms with Crippen molar-refractivity contribution in [2.45, 2.75) is 11.8 Å². The third-order valence-corrected chi connectivity index (χ3v) is 5.44. The molecule has 2 N–H and O–H groups in total. The third kappa shape index (κ3) is 2.83. The van der Waals surface area contributed by atoms with Crippen LogP contribution in [0.15, 0.2) is 52.0 Å². The number of nitriles is 1. The Morgan fingerprint density at radius 1 is 1.17 bits per heavy atom. The van der Waals surface area contributed by atoms with Crippen molar-refractivity contribution in [1.82, 2.24) is 4.98 Å². The van der Waals surface area contributed by atoms with Gasteiger partial charge in [-0.1, -0.05) is 22.0 Å². The quantitative estimate of drug-likeness (QED) is 0.711. The molecule has 0 spiro atoms. The van der Waals surface area contributed by atoms with E-state index in [9.17, 15) is 8.42 Å². The second kappa shape index (κ2) is 5.72. The zero-order valence-electron chi connectivity index (χ0n) is 12.1. The van der Waals surface area contributed by atoms with Gasteiger partial charge in [-0.05, 0) is 42.8 Å². The van der Waals surface area contributed by atoms with E-state index < -0.39 is 10.0 Å². The number of benzene rings is 2. The molecule has 23 heavy (non-hydrogen) atoms. The number of H-pyrrole nitrogens is 1. The maximum absolute atomic E-state index is 12.5. The molecule has 0 aliphatic rings. The van der Waals surface area contributed by atoms with Gasteiger partial charge in [-0.3, -0.25) is 4.72 Å². The van der Waals surface area contributed by atoms with E-state index in [2.05, 4.69) is 31.7 Å². The second-order valence-corrected chi connectivity index (χ2v) is 7.65. The molecule has 0 unspecified atom stereocenters. The Hall–Kier alpha value is -2.30. The first-order valence-electron chi connectivity index (χ1n) is 6.71. The van der Waals surface area contributed by atoms with Crippen molar-refractivity contribution in [3.05, 3.63) is 58.2 Å². The summed E-state index contributed by atoms with van der Waals surface area (Å²) in [5.41, 5.74) is 2.41. The van der Waals surface area contributed by atoms with Crippen LogP contribution in [0.3, 0.4) is 0 Å². The number of hydrogen-bond acceptors (Lipinski definition) is 3. The summed E-state index contributed by atoms with van der Waals surface area (Å²) in [6.07, 6.45) is 1.58. The van der Waals surface area contributed by atoms with Crippen molar-refractivity contribution in [1.29, 1.82) is 5.26 Å². The number of rotatable bonds is 3. The Morgan fingerprint density at radius 2 is 1.87 bits per heavy atom. The molecule has 0 saturated heterocycles. The van der Waals surface area contributed by atoms with E-state index in [0.29, 0.717) is 16.8 Å². The van der Waals surface area contributed by atoms with Gasteiger partial charge in [0.2, 0.25) is 0 Å². The molecule has 0 bridgehead atoms. The average Bonchev–Trinajstić information content (AvgIpc) is 2.95. The fourth-order valence-corrected chi connectivity index (χ4v) is 3.75. The molecule has 3 aromatic rings. The standard InChI is InChI=1S/C16H12BrN3O2S/c1-10-2-7-14(16-15(10)11(8-18)9-19-16)20-23(21,22)13-5-3-12(17)4-6-13/h2-7,9,19-20H,1H3. The molecule has 1 aromatic heterocycles. The summed E-state index contributed by atoms with van der Waals surface area (Å²) in [5.74, 6) is 0. The van der Waals surface area contributed by atoms with Crippen molar-refractivity contribution < 1.29 is 8.42 Å². The number of aromatic nitrogens is 1. The third-order valence-electron chi connectivity index (χ3n) is 3.53. The molecule has 0 amide bonds. The highest BCUT2D eigenvalue weighted by atomic mass is 79.9. The fourth-order valence-electron chi connectivity index (χ4n) is 2.41. The highest BCUT2D eigenvalue weighted by Crippen LogP contribution is 2.30. The van der Waals surface area contributed by atoms with Crippen molar-refractivity contribution in [3.63, 3.8) is 0 Å². The normalized spacial score (nSPS) is 11.3. The number of fused-ring (bicyclic) bond motifs is 1. The number of nitrogens with zero attached hydrogens (tertiary/aromatic N) is 1. The van der Waals surface area contributed by atoms with E-state index in [1.807, 2.05) is 6.92 Å².